The summed E-state index contributed by atoms with van der Waals surface area (Å²) in [4.78, 5) is 11.5. The average Bonchev–Trinajstić information content (AvgIpc) is 2.55. The lowest BCUT2D eigenvalue weighted by molar-refractivity contribution is 0.101. The Bertz CT molecular complexity index is 830. The van der Waals surface area contributed by atoms with Gasteiger partial charge in [0.1, 0.15) is 12.4 Å². The van der Waals surface area contributed by atoms with E-state index in [2.05, 4.69) is 0 Å². The fraction of sp³-hybridized carbons (Fsp3) is 0.278. The maximum atomic E-state index is 12.6. The van der Waals surface area contributed by atoms with Gasteiger partial charge < -0.3 is 4.74 Å². The number of ether oxygens (including phenoxy) is 1. The van der Waals surface area contributed by atoms with Gasteiger partial charge in [0, 0.05) is 19.2 Å². The fourth-order valence-corrected chi connectivity index (χ4v) is 3.37. The smallest absolute Gasteiger partial charge is 0.242 e. The molecule has 2 aromatic carbocycles. The molecule has 0 atom stereocenters. The zero-order valence-corrected chi connectivity index (χ0v) is 14.8. The van der Waals surface area contributed by atoms with Crippen molar-refractivity contribution >= 4 is 15.8 Å². The minimum absolute atomic E-state index is 0.105. The number of aryl methyl sites for hydroxylation is 1. The minimum atomic E-state index is -3.66. The molecule has 0 saturated carbocycles. The number of ketones is 1. The topological polar surface area (TPSA) is 63.7 Å². The highest BCUT2D eigenvalue weighted by molar-refractivity contribution is 7.89. The largest absolute Gasteiger partial charge is 0.492 e. The van der Waals surface area contributed by atoms with E-state index in [0.717, 1.165) is 5.56 Å². The monoisotopic (exact) mass is 347 g/mol. The molecule has 5 nitrogen and oxygen atoms in total. The summed E-state index contributed by atoms with van der Waals surface area (Å²) in [5.41, 5.74) is 1.45. The number of hydrogen-bond acceptors (Lipinski definition) is 4. The molecule has 24 heavy (non-hydrogen) atoms. The predicted octanol–water partition coefficient (Wildman–Crippen LogP) is 2.90. The standard InChI is InChI=1S/C18H21NO4S/c1-14-6-4-8-17(12-14)23-11-10-19(3)24(21,22)18-9-5-7-16(13-18)15(2)20/h4-9,12-13H,10-11H2,1-3H3. The Morgan fingerprint density at radius 1 is 1.12 bits per heavy atom. The van der Waals surface area contributed by atoms with Crippen LogP contribution in [0.3, 0.4) is 0 Å². The molecule has 0 unspecified atom stereocenters. The number of benzene rings is 2. The molecule has 2 rings (SSSR count). The van der Waals surface area contributed by atoms with Crippen LogP contribution < -0.4 is 4.74 Å². The molecule has 0 aliphatic rings. The van der Waals surface area contributed by atoms with Gasteiger partial charge in [0.15, 0.2) is 5.78 Å². The lowest BCUT2D eigenvalue weighted by atomic mass is 10.2. The van der Waals surface area contributed by atoms with Crippen LogP contribution in [0, 0.1) is 6.92 Å². The number of Topliss-reactive ketones (excluding diaryl/α,β-unsaturated/α-hetero) is 1. The third-order valence-corrected chi connectivity index (χ3v) is 5.47. The van der Waals surface area contributed by atoms with Crippen molar-refractivity contribution in [3.8, 4) is 5.75 Å². The van der Waals surface area contributed by atoms with Gasteiger partial charge in [-0.15, -0.1) is 0 Å². The van der Waals surface area contributed by atoms with E-state index in [-0.39, 0.29) is 23.8 Å². The number of likely N-dealkylation sites (N-methyl/N-ethyl adjacent to an activating group) is 1. The Hall–Kier alpha value is -2.18. The molecule has 128 valence electrons. The Morgan fingerprint density at radius 3 is 2.50 bits per heavy atom. The summed E-state index contributed by atoms with van der Waals surface area (Å²) in [6, 6.07) is 13.6. The summed E-state index contributed by atoms with van der Waals surface area (Å²) in [7, 11) is -2.16. The van der Waals surface area contributed by atoms with Crippen molar-refractivity contribution in [1.29, 1.82) is 0 Å². The number of rotatable bonds is 7. The molecular formula is C18H21NO4S. The molecule has 6 heteroatoms. The maximum Gasteiger partial charge on any atom is 0.242 e. The van der Waals surface area contributed by atoms with Crippen molar-refractivity contribution < 1.29 is 17.9 Å². The first-order chi connectivity index (χ1) is 11.3. The van der Waals surface area contributed by atoms with Crippen molar-refractivity contribution in [2.75, 3.05) is 20.2 Å². The molecular weight excluding hydrogens is 326 g/mol. The Morgan fingerprint density at radius 2 is 1.83 bits per heavy atom. The van der Waals surface area contributed by atoms with Crippen molar-refractivity contribution in [3.05, 3.63) is 59.7 Å². The number of hydrogen-bond donors (Lipinski definition) is 0. The summed E-state index contributed by atoms with van der Waals surface area (Å²) in [5, 5.41) is 0. The van der Waals surface area contributed by atoms with Crippen LogP contribution >= 0.6 is 0 Å². The molecule has 0 bridgehead atoms. The van der Waals surface area contributed by atoms with Gasteiger partial charge in [0.25, 0.3) is 0 Å². The second-order valence-electron chi connectivity index (χ2n) is 5.58. The molecule has 0 aliphatic heterocycles. The summed E-state index contributed by atoms with van der Waals surface area (Å²) in [6.45, 7) is 3.82. The van der Waals surface area contributed by atoms with Gasteiger partial charge >= 0.3 is 0 Å². The first kappa shape index (κ1) is 18.2. The van der Waals surface area contributed by atoms with E-state index in [1.54, 1.807) is 12.1 Å². The van der Waals surface area contributed by atoms with Crippen LogP contribution in [0.2, 0.25) is 0 Å². The molecule has 0 amide bonds. The van der Waals surface area contributed by atoms with Gasteiger partial charge in [-0.3, -0.25) is 4.79 Å². The summed E-state index contributed by atoms with van der Waals surface area (Å²) in [5.74, 6) is 0.539. The van der Waals surface area contributed by atoms with Crippen LogP contribution in [0.1, 0.15) is 22.8 Å². The van der Waals surface area contributed by atoms with Crippen molar-refractivity contribution in [2.45, 2.75) is 18.7 Å². The zero-order chi connectivity index (χ0) is 17.7. The van der Waals surface area contributed by atoms with E-state index in [1.807, 2.05) is 31.2 Å². The Kier molecular flexibility index (Phi) is 5.75. The molecule has 0 aromatic heterocycles. The quantitative estimate of drug-likeness (QED) is 0.723. The SMILES string of the molecule is CC(=O)c1cccc(S(=O)(=O)N(C)CCOc2cccc(C)c2)c1. The second kappa shape index (κ2) is 7.59. The molecule has 0 fully saturated rings. The van der Waals surface area contributed by atoms with E-state index in [1.165, 1.54) is 30.4 Å². The van der Waals surface area contributed by atoms with Crippen LogP contribution in [0.15, 0.2) is 53.4 Å². The number of carbonyl (C=O) groups is 1. The van der Waals surface area contributed by atoms with Gasteiger partial charge in [-0.1, -0.05) is 24.3 Å². The number of sulfonamides is 1. The highest BCUT2D eigenvalue weighted by atomic mass is 32.2. The number of carbonyl (C=O) groups excluding carboxylic acids is 1. The lowest BCUT2D eigenvalue weighted by Crippen LogP contribution is -2.31. The lowest BCUT2D eigenvalue weighted by Gasteiger charge is -2.18. The Balaban J connectivity index is 2.04. The van der Waals surface area contributed by atoms with Gasteiger partial charge in [-0.2, -0.15) is 4.31 Å². The highest BCUT2D eigenvalue weighted by Crippen LogP contribution is 2.17. The number of nitrogens with zero attached hydrogens (tertiary/aromatic N) is 1. The first-order valence-electron chi connectivity index (χ1n) is 7.57. The van der Waals surface area contributed by atoms with Gasteiger partial charge in [0.2, 0.25) is 10.0 Å². The van der Waals surface area contributed by atoms with Crippen molar-refractivity contribution in [1.82, 2.24) is 4.31 Å². The molecule has 2 aromatic rings. The summed E-state index contributed by atoms with van der Waals surface area (Å²) >= 11 is 0. The zero-order valence-electron chi connectivity index (χ0n) is 14.0. The molecule has 0 saturated heterocycles. The van der Waals surface area contributed by atoms with Gasteiger partial charge in [-0.05, 0) is 43.7 Å². The van der Waals surface area contributed by atoms with Crippen LogP contribution in [0.5, 0.6) is 5.75 Å². The Labute approximate surface area is 142 Å². The third kappa shape index (κ3) is 4.43. The molecule has 0 spiro atoms. The van der Waals surface area contributed by atoms with Gasteiger partial charge in [0.05, 0.1) is 4.90 Å². The van der Waals surface area contributed by atoms with Gasteiger partial charge in [-0.25, -0.2) is 8.42 Å². The van der Waals surface area contributed by atoms with Crippen LogP contribution in [0.25, 0.3) is 0 Å². The predicted molar refractivity (Wildman–Crippen MR) is 92.9 cm³/mol. The second-order valence-corrected chi connectivity index (χ2v) is 7.62. The van der Waals surface area contributed by atoms with Crippen molar-refractivity contribution in [2.24, 2.45) is 0 Å². The third-order valence-electron chi connectivity index (χ3n) is 3.61. The van der Waals surface area contributed by atoms with E-state index in [4.69, 9.17) is 4.74 Å². The normalized spacial score (nSPS) is 11.5. The highest BCUT2D eigenvalue weighted by Gasteiger charge is 2.21. The van der Waals surface area contributed by atoms with E-state index in [9.17, 15) is 13.2 Å². The van der Waals surface area contributed by atoms with E-state index >= 15 is 0 Å². The molecule has 0 aliphatic carbocycles. The first-order valence-corrected chi connectivity index (χ1v) is 9.01. The van der Waals surface area contributed by atoms with Crippen LogP contribution in [-0.4, -0.2) is 38.7 Å². The molecule has 0 N–H and O–H groups in total. The molecule has 0 heterocycles. The molecule has 0 radical (unpaired) electrons. The minimum Gasteiger partial charge on any atom is -0.492 e. The maximum absolute atomic E-state index is 12.6. The van der Waals surface area contributed by atoms with Crippen LogP contribution in [-0.2, 0) is 10.0 Å². The van der Waals surface area contributed by atoms with E-state index < -0.39 is 10.0 Å². The fourth-order valence-electron chi connectivity index (χ4n) is 2.17. The average molecular weight is 347 g/mol. The van der Waals surface area contributed by atoms with E-state index in [0.29, 0.717) is 11.3 Å². The summed E-state index contributed by atoms with van der Waals surface area (Å²) < 4.78 is 31.9. The van der Waals surface area contributed by atoms with Crippen molar-refractivity contribution in [3.63, 3.8) is 0 Å². The van der Waals surface area contributed by atoms with Crippen LogP contribution in [0.4, 0.5) is 0 Å². The summed E-state index contributed by atoms with van der Waals surface area (Å²) in [6.07, 6.45) is 0.